The first-order chi connectivity index (χ1) is 30.7. The Hall–Kier alpha value is -7.52. The van der Waals surface area contributed by atoms with Crippen molar-refractivity contribution in [3.63, 3.8) is 0 Å². The number of carbonyl (C=O) groups excluding carboxylic acids is 2. The molecule has 8 bridgehead atoms. The number of rotatable bonds is 5. The molecule has 0 unspecified atom stereocenters. The third-order valence-electron chi connectivity index (χ3n) is 11.9. The fourth-order valence-electron chi connectivity index (χ4n) is 8.92. The Bertz CT molecular complexity index is 3050. The molecule has 63 heavy (non-hydrogen) atoms. The van der Waals surface area contributed by atoms with Gasteiger partial charge in [0.15, 0.2) is 0 Å². The lowest BCUT2D eigenvalue weighted by Gasteiger charge is -2.35. The predicted molar refractivity (Wildman–Crippen MR) is 253 cm³/mol. The van der Waals surface area contributed by atoms with E-state index in [2.05, 4.69) is 125 Å². The van der Waals surface area contributed by atoms with Crippen LogP contribution in [0.1, 0.15) is 53.9 Å². The van der Waals surface area contributed by atoms with Crippen LogP contribution < -0.4 is 0 Å². The van der Waals surface area contributed by atoms with Gasteiger partial charge in [-0.15, -0.1) is 0 Å². The van der Waals surface area contributed by atoms with Crippen molar-refractivity contribution >= 4 is 46.2 Å². The van der Waals surface area contributed by atoms with E-state index in [4.69, 9.17) is 14.7 Å². The third kappa shape index (κ3) is 7.94. The monoisotopic (exact) mass is 828 g/mol. The number of fused-ring (bicyclic) bond motifs is 8. The number of nitrogens with one attached hydrogen (secondary N) is 2. The number of hydrogen-bond acceptors (Lipinski definition) is 5. The number of nitrogens with zero attached hydrogens (tertiary/aromatic N) is 4. The molecule has 312 valence electrons. The van der Waals surface area contributed by atoms with Gasteiger partial charge in [0.2, 0.25) is 0 Å². The summed E-state index contributed by atoms with van der Waals surface area (Å²) in [5.74, 6) is -0.0695. The minimum atomic E-state index is -0.577. The van der Waals surface area contributed by atoms with Gasteiger partial charge in [0.1, 0.15) is 5.60 Å². The highest BCUT2D eigenvalue weighted by Gasteiger charge is 2.28. The molecule has 9 heteroatoms. The zero-order valence-corrected chi connectivity index (χ0v) is 35.7. The van der Waals surface area contributed by atoms with Crippen molar-refractivity contribution in [2.75, 3.05) is 26.2 Å². The van der Waals surface area contributed by atoms with Crippen LogP contribution in [0.15, 0.2) is 140 Å². The number of H-pyrrole nitrogens is 2. The number of aromatic amines is 2. The summed E-state index contributed by atoms with van der Waals surface area (Å²) in [6, 6.07) is 47.9. The Morgan fingerprint density at radius 2 is 0.889 bits per heavy atom. The number of amides is 2. The van der Waals surface area contributed by atoms with Gasteiger partial charge in [0.25, 0.3) is 5.91 Å². The molecule has 6 heterocycles. The summed E-state index contributed by atoms with van der Waals surface area (Å²) in [7, 11) is 0. The molecule has 3 aromatic heterocycles. The summed E-state index contributed by atoms with van der Waals surface area (Å²) in [4.78, 5) is 48.6. The molecule has 3 aliphatic rings. The van der Waals surface area contributed by atoms with Gasteiger partial charge in [-0.25, -0.2) is 9.78 Å². The van der Waals surface area contributed by atoms with Crippen molar-refractivity contribution in [3.05, 3.63) is 168 Å². The lowest BCUT2D eigenvalue weighted by Crippen LogP contribution is -2.51. The number of aryl methyl sites for hydroxylation is 2. The van der Waals surface area contributed by atoms with E-state index in [1.165, 1.54) is 0 Å². The second kappa shape index (κ2) is 16.4. The van der Waals surface area contributed by atoms with Gasteiger partial charge in [0, 0.05) is 76.1 Å². The lowest BCUT2D eigenvalue weighted by molar-refractivity contribution is 0.0141. The first-order valence-corrected chi connectivity index (χ1v) is 21.7. The molecule has 0 aliphatic carbocycles. The Morgan fingerprint density at radius 3 is 1.33 bits per heavy atom. The van der Waals surface area contributed by atoms with Crippen LogP contribution in [0.4, 0.5) is 4.79 Å². The summed E-state index contributed by atoms with van der Waals surface area (Å²) in [6.45, 7) is 7.28. The molecule has 7 aromatic rings. The molecular weight excluding hydrogens is 781 g/mol. The maximum absolute atomic E-state index is 13.9. The number of ether oxygens (including phenoxy) is 1. The lowest BCUT2D eigenvalue weighted by atomic mass is 10.0. The molecule has 3 aliphatic heterocycles. The van der Waals surface area contributed by atoms with Gasteiger partial charge in [-0.2, -0.15) is 0 Å². The highest BCUT2D eigenvalue weighted by Crippen LogP contribution is 2.38. The van der Waals surface area contributed by atoms with E-state index >= 15 is 0 Å². The molecule has 4 aromatic carbocycles. The topological polar surface area (TPSA) is 107 Å². The van der Waals surface area contributed by atoms with Crippen LogP contribution in [0, 0.1) is 0 Å². The number of piperazine rings is 1. The minimum Gasteiger partial charge on any atom is -0.444 e. The van der Waals surface area contributed by atoms with Crippen molar-refractivity contribution in [1.29, 1.82) is 0 Å². The van der Waals surface area contributed by atoms with Crippen LogP contribution >= 0.6 is 0 Å². The molecular formula is C54H48N6O3. The van der Waals surface area contributed by atoms with Gasteiger partial charge >= 0.3 is 6.09 Å². The highest BCUT2D eigenvalue weighted by molar-refractivity contribution is 5.99. The van der Waals surface area contributed by atoms with E-state index < -0.39 is 5.60 Å². The Balaban J connectivity index is 1.15. The fourth-order valence-corrected chi connectivity index (χ4v) is 8.92. The zero-order valence-electron chi connectivity index (χ0n) is 35.7. The number of aromatic nitrogens is 4. The van der Waals surface area contributed by atoms with E-state index in [1.807, 2.05) is 57.2 Å². The predicted octanol–water partition coefficient (Wildman–Crippen LogP) is 11.6. The standard InChI is InChI=1S/C54H48N6O3/c1-54(2,3)63-53(62)60-33-31-59(32-34-60)52(61)39-21-19-38(20-22-39)51-46-29-27-44(57-46)49(36-15-9-5-10-16-36)42-25-23-40(55-42)48(35-13-7-4-8-14-35)41-24-26-43(56-41)50(37-17-11-6-12-18-37)45-28-30-47(51)58-45/h4-23,25,27-30,55,58H,24,26,31-34H2,1-3H3. The molecule has 0 saturated carbocycles. The SMILES string of the molecule is CC(C)(C)OC(=O)N1CCN(C(=O)c2ccc(-c3c4nc(c(-c5ccccc5)c5ccc([nH]5)c(-c5ccccc5)c5nc(c(-c6ccccc6)c6ccc3[nH]6)CC5)C=C4)cc2)CC1. The highest BCUT2D eigenvalue weighted by atomic mass is 16.6. The van der Waals surface area contributed by atoms with Crippen LogP contribution in [0.25, 0.3) is 78.7 Å². The van der Waals surface area contributed by atoms with Crippen LogP contribution in [-0.4, -0.2) is 73.5 Å². The van der Waals surface area contributed by atoms with Crippen molar-refractivity contribution in [2.45, 2.75) is 39.2 Å². The van der Waals surface area contributed by atoms with Crippen LogP contribution in [0.2, 0.25) is 0 Å². The largest absolute Gasteiger partial charge is 0.444 e. The Labute approximate surface area is 366 Å². The molecule has 9 nitrogen and oxygen atoms in total. The van der Waals surface area contributed by atoms with Gasteiger partial charge in [-0.3, -0.25) is 9.78 Å². The summed E-state index contributed by atoms with van der Waals surface area (Å²) < 4.78 is 5.57. The van der Waals surface area contributed by atoms with Crippen molar-refractivity contribution in [3.8, 4) is 44.5 Å². The van der Waals surface area contributed by atoms with Gasteiger partial charge in [-0.05, 0) is 104 Å². The molecule has 1 saturated heterocycles. The van der Waals surface area contributed by atoms with Gasteiger partial charge in [0.05, 0.1) is 22.8 Å². The quantitative estimate of drug-likeness (QED) is 0.180. The van der Waals surface area contributed by atoms with E-state index in [9.17, 15) is 9.59 Å². The third-order valence-corrected chi connectivity index (χ3v) is 11.9. The van der Waals surface area contributed by atoms with E-state index in [1.54, 1.807) is 9.80 Å². The summed E-state index contributed by atoms with van der Waals surface area (Å²) in [5, 5.41) is 0. The van der Waals surface area contributed by atoms with E-state index in [0.29, 0.717) is 31.7 Å². The average molecular weight is 829 g/mol. The molecule has 1 fully saturated rings. The summed E-state index contributed by atoms with van der Waals surface area (Å²) >= 11 is 0. The summed E-state index contributed by atoms with van der Waals surface area (Å²) in [5.41, 5.74) is 15.8. The number of benzene rings is 4. The van der Waals surface area contributed by atoms with Crippen molar-refractivity contribution < 1.29 is 14.3 Å². The average Bonchev–Trinajstić information content (AvgIpc) is 4.16. The maximum atomic E-state index is 13.9. The minimum absolute atomic E-state index is 0.0695. The molecule has 2 N–H and O–H groups in total. The fraction of sp³-hybridized carbons (Fsp3) is 0.185. The van der Waals surface area contributed by atoms with E-state index in [0.717, 1.165) is 102 Å². The smallest absolute Gasteiger partial charge is 0.410 e. The summed E-state index contributed by atoms with van der Waals surface area (Å²) in [6.07, 6.45) is 5.42. The molecule has 0 radical (unpaired) electrons. The first kappa shape index (κ1) is 39.6. The van der Waals surface area contributed by atoms with Gasteiger partial charge < -0.3 is 24.5 Å². The van der Waals surface area contributed by atoms with Crippen LogP contribution in [-0.2, 0) is 17.6 Å². The first-order valence-electron chi connectivity index (χ1n) is 21.7. The molecule has 2 amide bonds. The van der Waals surface area contributed by atoms with E-state index in [-0.39, 0.29) is 12.0 Å². The second-order valence-electron chi connectivity index (χ2n) is 17.2. The normalized spacial score (nSPS) is 13.9. The zero-order chi connectivity index (χ0) is 43.1. The van der Waals surface area contributed by atoms with Crippen LogP contribution in [0.5, 0.6) is 0 Å². The maximum Gasteiger partial charge on any atom is 0.410 e. The van der Waals surface area contributed by atoms with Crippen molar-refractivity contribution in [1.82, 2.24) is 29.7 Å². The number of hydrogen-bond donors (Lipinski definition) is 2. The number of carbonyl (C=O) groups is 2. The molecule has 0 atom stereocenters. The van der Waals surface area contributed by atoms with Crippen molar-refractivity contribution in [2.24, 2.45) is 0 Å². The second-order valence-corrected chi connectivity index (χ2v) is 17.2. The Morgan fingerprint density at radius 1 is 0.492 bits per heavy atom. The van der Waals surface area contributed by atoms with Gasteiger partial charge in [-0.1, -0.05) is 103 Å². The van der Waals surface area contributed by atoms with Crippen LogP contribution in [0.3, 0.4) is 0 Å². The molecule has 0 spiro atoms. The Kier molecular flexibility index (Phi) is 10.3. The molecule has 10 rings (SSSR count).